The third-order valence-electron chi connectivity index (χ3n) is 2.30. The Morgan fingerprint density at radius 2 is 2.12 bits per heavy atom. The summed E-state index contributed by atoms with van der Waals surface area (Å²) in [6, 6.07) is 3.97. The van der Waals surface area contributed by atoms with Crippen molar-refractivity contribution >= 4 is 33.1 Å². The molecule has 0 atom stereocenters. The van der Waals surface area contributed by atoms with Crippen molar-refractivity contribution in [2.24, 2.45) is 0 Å². The van der Waals surface area contributed by atoms with Gasteiger partial charge in [0.1, 0.15) is 5.82 Å². The maximum absolute atomic E-state index is 4.43. The lowest BCUT2D eigenvalue weighted by Gasteiger charge is -2.06. The number of thiazole rings is 1. The maximum Gasteiger partial charge on any atom is 0.126 e. The van der Waals surface area contributed by atoms with E-state index in [0.717, 1.165) is 28.2 Å². The van der Waals surface area contributed by atoms with Crippen molar-refractivity contribution in [3.05, 3.63) is 38.4 Å². The van der Waals surface area contributed by atoms with E-state index < -0.39 is 0 Å². The zero-order valence-electron chi connectivity index (χ0n) is 9.12. The number of halogens is 1. The summed E-state index contributed by atoms with van der Waals surface area (Å²) in [5.41, 5.74) is 3.95. The molecular weight excluding hydrogens is 286 g/mol. The Bertz CT molecular complexity index is 496. The molecule has 0 fully saturated rings. The molecule has 0 saturated heterocycles. The number of hydrogen-bond acceptors (Lipinski definition) is 4. The Balaban J connectivity index is 2.05. The molecule has 1 N–H and O–H groups in total. The van der Waals surface area contributed by atoms with Gasteiger partial charge in [0.25, 0.3) is 0 Å². The average Bonchev–Trinajstić information content (AvgIpc) is 2.66. The lowest BCUT2D eigenvalue weighted by molar-refractivity contribution is 1.08. The molecule has 0 aliphatic heterocycles. The van der Waals surface area contributed by atoms with Crippen LogP contribution in [0.3, 0.4) is 0 Å². The topological polar surface area (TPSA) is 37.8 Å². The standard InChI is InChI=1S/C11H12BrN3S/c1-7-9(12)3-4-11(15-7)13-5-10-8(2)14-6-16-10/h3-4,6H,5H2,1-2H3,(H,13,15). The Kier molecular flexibility index (Phi) is 3.56. The van der Waals surface area contributed by atoms with E-state index in [4.69, 9.17) is 0 Å². The second kappa shape index (κ2) is 4.93. The molecule has 0 aliphatic carbocycles. The predicted molar refractivity (Wildman–Crippen MR) is 70.9 cm³/mol. The minimum atomic E-state index is 0.782. The number of pyridine rings is 1. The highest BCUT2D eigenvalue weighted by atomic mass is 79.9. The molecule has 0 aromatic carbocycles. The normalized spacial score (nSPS) is 10.4. The van der Waals surface area contributed by atoms with Gasteiger partial charge in [-0.3, -0.25) is 0 Å². The second-order valence-corrected chi connectivity index (χ2v) is 5.27. The lowest BCUT2D eigenvalue weighted by Crippen LogP contribution is -2.01. The van der Waals surface area contributed by atoms with Crippen LogP contribution in [0.2, 0.25) is 0 Å². The van der Waals surface area contributed by atoms with Crippen LogP contribution in [-0.4, -0.2) is 9.97 Å². The summed E-state index contributed by atoms with van der Waals surface area (Å²) in [6.07, 6.45) is 0. The van der Waals surface area contributed by atoms with Crippen LogP contribution in [-0.2, 0) is 6.54 Å². The lowest BCUT2D eigenvalue weighted by atomic mass is 10.3. The van der Waals surface area contributed by atoms with Crippen LogP contribution >= 0.6 is 27.3 Å². The van der Waals surface area contributed by atoms with Crippen LogP contribution < -0.4 is 5.32 Å². The third kappa shape index (κ3) is 2.59. The van der Waals surface area contributed by atoms with Crippen molar-refractivity contribution in [2.75, 3.05) is 5.32 Å². The Labute approximate surface area is 107 Å². The molecule has 0 amide bonds. The molecule has 0 spiro atoms. The summed E-state index contributed by atoms with van der Waals surface area (Å²) < 4.78 is 1.03. The van der Waals surface area contributed by atoms with Crippen LogP contribution in [0.5, 0.6) is 0 Å². The smallest absolute Gasteiger partial charge is 0.126 e. The van der Waals surface area contributed by atoms with Gasteiger partial charge in [-0.1, -0.05) is 0 Å². The molecule has 2 rings (SSSR count). The Morgan fingerprint density at radius 3 is 2.75 bits per heavy atom. The van der Waals surface area contributed by atoms with Gasteiger partial charge in [0, 0.05) is 9.35 Å². The fourth-order valence-electron chi connectivity index (χ4n) is 1.31. The van der Waals surface area contributed by atoms with Gasteiger partial charge in [0.15, 0.2) is 0 Å². The molecule has 2 aromatic heterocycles. The molecule has 2 aromatic rings. The monoisotopic (exact) mass is 297 g/mol. The number of nitrogens with zero attached hydrogens (tertiary/aromatic N) is 2. The first kappa shape index (κ1) is 11.5. The SMILES string of the molecule is Cc1nc(NCc2scnc2C)ccc1Br. The van der Waals surface area contributed by atoms with Gasteiger partial charge in [-0.25, -0.2) is 9.97 Å². The zero-order chi connectivity index (χ0) is 11.5. The van der Waals surface area contributed by atoms with Crippen LogP contribution in [0.1, 0.15) is 16.3 Å². The first-order valence-electron chi connectivity index (χ1n) is 4.93. The van der Waals surface area contributed by atoms with E-state index in [0.29, 0.717) is 0 Å². The van der Waals surface area contributed by atoms with E-state index in [9.17, 15) is 0 Å². The van der Waals surface area contributed by atoms with Crippen LogP contribution in [0.4, 0.5) is 5.82 Å². The Morgan fingerprint density at radius 1 is 1.31 bits per heavy atom. The van der Waals surface area contributed by atoms with Crippen molar-refractivity contribution in [3.8, 4) is 0 Å². The van der Waals surface area contributed by atoms with E-state index in [1.54, 1.807) is 11.3 Å². The number of hydrogen-bond donors (Lipinski definition) is 1. The van der Waals surface area contributed by atoms with Gasteiger partial charge in [-0.05, 0) is 41.9 Å². The highest BCUT2D eigenvalue weighted by Crippen LogP contribution is 2.18. The summed E-state index contributed by atoms with van der Waals surface area (Å²) in [7, 11) is 0. The summed E-state index contributed by atoms with van der Waals surface area (Å²) in [4.78, 5) is 9.89. The second-order valence-electron chi connectivity index (χ2n) is 3.48. The summed E-state index contributed by atoms with van der Waals surface area (Å²) in [5, 5.41) is 3.29. The molecule has 0 saturated carbocycles. The van der Waals surface area contributed by atoms with Crippen molar-refractivity contribution in [2.45, 2.75) is 20.4 Å². The third-order valence-corrected chi connectivity index (χ3v) is 4.07. The largest absolute Gasteiger partial charge is 0.365 e. The van der Waals surface area contributed by atoms with E-state index in [1.807, 2.05) is 31.5 Å². The summed E-state index contributed by atoms with van der Waals surface area (Å²) in [6.45, 7) is 4.78. The van der Waals surface area contributed by atoms with E-state index in [-0.39, 0.29) is 0 Å². The van der Waals surface area contributed by atoms with Crippen molar-refractivity contribution in [3.63, 3.8) is 0 Å². The fourth-order valence-corrected chi connectivity index (χ4v) is 2.25. The van der Waals surface area contributed by atoms with Gasteiger partial charge in [0.05, 0.1) is 23.4 Å². The predicted octanol–water partition coefficient (Wildman–Crippen LogP) is 3.53. The van der Waals surface area contributed by atoms with E-state index in [2.05, 4.69) is 31.2 Å². The molecule has 84 valence electrons. The first-order chi connectivity index (χ1) is 7.66. The zero-order valence-corrected chi connectivity index (χ0v) is 11.5. The molecule has 0 radical (unpaired) electrons. The first-order valence-corrected chi connectivity index (χ1v) is 6.60. The number of aromatic nitrogens is 2. The number of nitrogens with one attached hydrogen (secondary N) is 1. The van der Waals surface area contributed by atoms with E-state index in [1.165, 1.54) is 4.88 Å². The van der Waals surface area contributed by atoms with Gasteiger partial charge < -0.3 is 5.32 Å². The average molecular weight is 298 g/mol. The van der Waals surface area contributed by atoms with Crippen LogP contribution in [0, 0.1) is 13.8 Å². The molecule has 3 nitrogen and oxygen atoms in total. The highest BCUT2D eigenvalue weighted by molar-refractivity contribution is 9.10. The van der Waals surface area contributed by atoms with Gasteiger partial charge >= 0.3 is 0 Å². The van der Waals surface area contributed by atoms with Gasteiger partial charge in [-0.15, -0.1) is 11.3 Å². The maximum atomic E-state index is 4.43. The quantitative estimate of drug-likeness (QED) is 0.942. The van der Waals surface area contributed by atoms with Gasteiger partial charge in [0.2, 0.25) is 0 Å². The Hall–Kier alpha value is -0.940. The number of rotatable bonds is 3. The minimum absolute atomic E-state index is 0.782. The van der Waals surface area contributed by atoms with Crippen LogP contribution in [0.15, 0.2) is 22.1 Å². The molecule has 2 heterocycles. The molecule has 0 bridgehead atoms. The molecule has 0 unspecified atom stereocenters. The molecule has 16 heavy (non-hydrogen) atoms. The van der Waals surface area contributed by atoms with Crippen LogP contribution in [0.25, 0.3) is 0 Å². The van der Waals surface area contributed by atoms with Crippen molar-refractivity contribution < 1.29 is 0 Å². The molecular formula is C11H12BrN3S. The number of aryl methyl sites for hydroxylation is 2. The van der Waals surface area contributed by atoms with Crippen molar-refractivity contribution in [1.29, 1.82) is 0 Å². The minimum Gasteiger partial charge on any atom is -0.365 e. The number of anilines is 1. The molecule has 5 heteroatoms. The highest BCUT2D eigenvalue weighted by Gasteiger charge is 2.02. The van der Waals surface area contributed by atoms with Gasteiger partial charge in [-0.2, -0.15) is 0 Å². The molecule has 0 aliphatic rings. The summed E-state index contributed by atoms with van der Waals surface area (Å²) in [5.74, 6) is 0.897. The summed E-state index contributed by atoms with van der Waals surface area (Å²) >= 11 is 5.10. The van der Waals surface area contributed by atoms with E-state index >= 15 is 0 Å². The fraction of sp³-hybridized carbons (Fsp3) is 0.273. The van der Waals surface area contributed by atoms with Crippen molar-refractivity contribution in [1.82, 2.24) is 9.97 Å².